The van der Waals surface area contributed by atoms with E-state index in [1.54, 1.807) is 12.5 Å². The van der Waals surface area contributed by atoms with Crippen LogP contribution < -0.4 is 4.43 Å². The van der Waals surface area contributed by atoms with Crippen molar-refractivity contribution in [3.63, 3.8) is 0 Å². The number of benzene rings is 1. The zero-order valence-corrected chi connectivity index (χ0v) is 12.0. The second kappa shape index (κ2) is 5.69. The molecule has 0 atom stereocenters. The molecule has 0 spiro atoms. The SMILES string of the molecule is Cc1cccc(O[SiH](C)C)c1N=Cc1ccco1. The van der Waals surface area contributed by atoms with Gasteiger partial charge in [-0.2, -0.15) is 0 Å². The van der Waals surface area contributed by atoms with Crippen LogP contribution in [0.25, 0.3) is 0 Å². The van der Waals surface area contributed by atoms with E-state index in [1.807, 2.05) is 37.3 Å². The lowest BCUT2D eigenvalue weighted by atomic mass is 10.2. The number of aliphatic imine (C=N–C) groups is 1. The Morgan fingerprint density at radius 3 is 2.72 bits per heavy atom. The standard InChI is InChI=1S/C14H17NO2Si/c1-11-6-4-8-13(17-18(2)3)14(11)15-10-12-7-5-9-16-12/h4-10,18H,1-3H3. The van der Waals surface area contributed by atoms with Crippen molar-refractivity contribution in [1.82, 2.24) is 0 Å². The molecule has 0 unspecified atom stereocenters. The van der Waals surface area contributed by atoms with Crippen molar-refractivity contribution < 1.29 is 8.84 Å². The average Bonchev–Trinajstić information content (AvgIpc) is 2.80. The number of rotatable bonds is 4. The number of nitrogens with zero attached hydrogens (tertiary/aromatic N) is 1. The lowest BCUT2D eigenvalue weighted by molar-refractivity contribution is 0.560. The molecular formula is C14H17NO2Si. The highest BCUT2D eigenvalue weighted by molar-refractivity contribution is 6.49. The summed E-state index contributed by atoms with van der Waals surface area (Å²) in [4.78, 5) is 4.48. The summed E-state index contributed by atoms with van der Waals surface area (Å²) in [6.07, 6.45) is 3.36. The number of aryl methyl sites for hydroxylation is 1. The Labute approximate surface area is 109 Å². The molecule has 0 saturated carbocycles. The highest BCUT2D eigenvalue weighted by Crippen LogP contribution is 2.31. The molecule has 1 heterocycles. The first-order valence-corrected chi connectivity index (χ1v) is 8.78. The fraction of sp³-hybridized carbons (Fsp3) is 0.214. The molecule has 4 heteroatoms. The molecule has 0 fully saturated rings. The van der Waals surface area contributed by atoms with E-state index in [-0.39, 0.29) is 0 Å². The van der Waals surface area contributed by atoms with Crippen molar-refractivity contribution in [1.29, 1.82) is 0 Å². The maximum Gasteiger partial charge on any atom is 0.229 e. The Hall–Kier alpha value is -1.81. The summed E-state index contributed by atoms with van der Waals surface area (Å²) in [7, 11) is -1.13. The minimum absolute atomic E-state index is 0.742. The Kier molecular flexibility index (Phi) is 3.99. The van der Waals surface area contributed by atoms with E-state index in [2.05, 4.69) is 18.1 Å². The molecule has 3 nitrogen and oxygen atoms in total. The quantitative estimate of drug-likeness (QED) is 0.620. The topological polar surface area (TPSA) is 34.7 Å². The molecule has 0 aliphatic rings. The molecule has 0 bridgehead atoms. The molecule has 0 aliphatic heterocycles. The van der Waals surface area contributed by atoms with E-state index in [4.69, 9.17) is 8.84 Å². The molecule has 0 amide bonds. The summed E-state index contributed by atoms with van der Waals surface area (Å²) in [6.45, 7) is 6.31. The molecule has 2 aromatic rings. The Morgan fingerprint density at radius 2 is 2.06 bits per heavy atom. The van der Waals surface area contributed by atoms with Gasteiger partial charge < -0.3 is 8.84 Å². The first kappa shape index (κ1) is 12.6. The Bertz CT molecular complexity index is 533. The fourth-order valence-electron chi connectivity index (χ4n) is 1.64. The monoisotopic (exact) mass is 259 g/mol. The summed E-state index contributed by atoms with van der Waals surface area (Å²) in [6, 6.07) is 9.71. The van der Waals surface area contributed by atoms with E-state index in [9.17, 15) is 0 Å². The van der Waals surface area contributed by atoms with Gasteiger partial charge in [-0.3, -0.25) is 0 Å². The van der Waals surface area contributed by atoms with Crippen LogP contribution in [-0.4, -0.2) is 15.3 Å². The van der Waals surface area contributed by atoms with E-state index in [1.165, 1.54) is 0 Å². The van der Waals surface area contributed by atoms with Gasteiger partial charge in [0.25, 0.3) is 0 Å². The van der Waals surface area contributed by atoms with Crippen LogP contribution in [0.4, 0.5) is 5.69 Å². The van der Waals surface area contributed by atoms with Crippen molar-refractivity contribution in [3.05, 3.63) is 47.9 Å². The van der Waals surface area contributed by atoms with Crippen molar-refractivity contribution in [2.24, 2.45) is 4.99 Å². The smallest absolute Gasteiger partial charge is 0.229 e. The first-order valence-electron chi connectivity index (χ1n) is 6.00. The third-order valence-electron chi connectivity index (χ3n) is 2.43. The van der Waals surface area contributed by atoms with Crippen molar-refractivity contribution in [2.45, 2.75) is 20.0 Å². The first-order chi connectivity index (χ1) is 8.66. The lowest BCUT2D eigenvalue weighted by Gasteiger charge is -2.13. The van der Waals surface area contributed by atoms with Crippen LogP contribution >= 0.6 is 0 Å². The largest absolute Gasteiger partial charge is 0.546 e. The van der Waals surface area contributed by atoms with E-state index in [0.29, 0.717) is 0 Å². The second-order valence-electron chi connectivity index (χ2n) is 4.36. The van der Waals surface area contributed by atoms with Gasteiger partial charge in [0, 0.05) is 0 Å². The summed E-state index contributed by atoms with van der Waals surface area (Å²) in [5.74, 6) is 1.60. The lowest BCUT2D eigenvalue weighted by Crippen LogP contribution is -2.11. The van der Waals surface area contributed by atoms with Gasteiger partial charge in [-0.25, -0.2) is 4.99 Å². The Morgan fingerprint density at radius 1 is 1.22 bits per heavy atom. The molecular weight excluding hydrogens is 242 g/mol. The molecule has 0 aliphatic carbocycles. The van der Waals surface area contributed by atoms with Crippen LogP contribution in [0.5, 0.6) is 5.75 Å². The predicted octanol–water partition coefficient (Wildman–Crippen LogP) is 3.70. The third kappa shape index (κ3) is 3.11. The maximum absolute atomic E-state index is 5.89. The van der Waals surface area contributed by atoms with Gasteiger partial charge in [0.1, 0.15) is 17.2 Å². The van der Waals surface area contributed by atoms with Gasteiger partial charge in [0.15, 0.2) is 0 Å². The minimum Gasteiger partial charge on any atom is -0.546 e. The molecule has 18 heavy (non-hydrogen) atoms. The van der Waals surface area contributed by atoms with E-state index < -0.39 is 9.04 Å². The predicted molar refractivity (Wildman–Crippen MR) is 76.6 cm³/mol. The molecule has 2 rings (SSSR count). The van der Waals surface area contributed by atoms with Gasteiger partial charge in [0.2, 0.25) is 9.04 Å². The third-order valence-corrected chi connectivity index (χ3v) is 3.15. The van der Waals surface area contributed by atoms with Crippen LogP contribution in [0, 0.1) is 6.92 Å². The zero-order chi connectivity index (χ0) is 13.0. The molecule has 0 N–H and O–H groups in total. The number of hydrogen-bond acceptors (Lipinski definition) is 3. The van der Waals surface area contributed by atoms with Crippen molar-refractivity contribution >= 4 is 20.9 Å². The summed E-state index contributed by atoms with van der Waals surface area (Å²) < 4.78 is 11.1. The van der Waals surface area contributed by atoms with Gasteiger partial charge in [0.05, 0.1) is 12.5 Å². The molecule has 0 radical (unpaired) electrons. The highest BCUT2D eigenvalue weighted by atomic mass is 28.3. The van der Waals surface area contributed by atoms with Gasteiger partial charge in [-0.15, -0.1) is 0 Å². The van der Waals surface area contributed by atoms with E-state index in [0.717, 1.165) is 22.8 Å². The van der Waals surface area contributed by atoms with Gasteiger partial charge in [-0.1, -0.05) is 12.1 Å². The van der Waals surface area contributed by atoms with Crippen LogP contribution in [0.1, 0.15) is 11.3 Å². The average molecular weight is 259 g/mol. The van der Waals surface area contributed by atoms with E-state index >= 15 is 0 Å². The highest BCUT2D eigenvalue weighted by Gasteiger charge is 2.07. The maximum atomic E-state index is 5.89. The molecule has 1 aromatic heterocycles. The van der Waals surface area contributed by atoms with Crippen LogP contribution in [0.15, 0.2) is 46.0 Å². The minimum atomic E-state index is -1.13. The number of para-hydroxylation sites is 1. The molecule has 0 saturated heterocycles. The van der Waals surface area contributed by atoms with Crippen LogP contribution in [-0.2, 0) is 0 Å². The zero-order valence-electron chi connectivity index (χ0n) is 10.9. The van der Waals surface area contributed by atoms with Gasteiger partial charge >= 0.3 is 0 Å². The van der Waals surface area contributed by atoms with Gasteiger partial charge in [-0.05, 0) is 43.8 Å². The van der Waals surface area contributed by atoms with Crippen LogP contribution in [0.3, 0.4) is 0 Å². The number of furan rings is 1. The van der Waals surface area contributed by atoms with Crippen LogP contribution in [0.2, 0.25) is 13.1 Å². The second-order valence-corrected chi connectivity index (χ2v) is 6.70. The Balaban J connectivity index is 2.30. The molecule has 94 valence electrons. The van der Waals surface area contributed by atoms with Crippen molar-refractivity contribution in [2.75, 3.05) is 0 Å². The fourth-order valence-corrected chi connectivity index (χ4v) is 2.34. The number of hydrogen-bond donors (Lipinski definition) is 0. The normalized spacial score (nSPS) is 11.3. The molecule has 1 aromatic carbocycles. The summed E-state index contributed by atoms with van der Waals surface area (Å²) in [5.41, 5.74) is 1.99. The summed E-state index contributed by atoms with van der Waals surface area (Å²) in [5, 5.41) is 0. The summed E-state index contributed by atoms with van der Waals surface area (Å²) >= 11 is 0. The van der Waals surface area contributed by atoms with Crippen molar-refractivity contribution in [3.8, 4) is 5.75 Å².